The van der Waals surface area contributed by atoms with Gasteiger partial charge in [0.25, 0.3) is 0 Å². The third-order valence-electron chi connectivity index (χ3n) is 3.55. The molecule has 2 rings (SSSR count). The topological polar surface area (TPSA) is 12.0 Å². The Kier molecular flexibility index (Phi) is 4.26. The van der Waals surface area contributed by atoms with Gasteiger partial charge in [0, 0.05) is 11.7 Å². The van der Waals surface area contributed by atoms with Crippen molar-refractivity contribution in [1.82, 2.24) is 0 Å². The van der Waals surface area contributed by atoms with E-state index in [1.54, 1.807) is 0 Å². The fourth-order valence-electron chi connectivity index (χ4n) is 2.53. The smallest absolute Gasteiger partial charge is 0.0374 e. The molecule has 1 N–H and O–H groups in total. The van der Waals surface area contributed by atoms with Crippen LogP contribution in [0.2, 0.25) is 0 Å². The van der Waals surface area contributed by atoms with Gasteiger partial charge in [-0.25, -0.2) is 0 Å². The highest BCUT2D eigenvalue weighted by Gasteiger charge is 2.16. The lowest BCUT2D eigenvalue weighted by molar-refractivity contribution is 0.536. The van der Waals surface area contributed by atoms with Gasteiger partial charge in [0.05, 0.1) is 0 Å². The average Bonchev–Trinajstić information content (AvgIpc) is 2.34. The van der Waals surface area contributed by atoms with Crippen molar-refractivity contribution in [3.63, 3.8) is 0 Å². The molecule has 1 aromatic carbocycles. The van der Waals surface area contributed by atoms with Crippen LogP contribution >= 0.6 is 0 Å². The third-order valence-corrected chi connectivity index (χ3v) is 3.55. The minimum atomic E-state index is 0.715. The van der Waals surface area contributed by atoms with Gasteiger partial charge in [0.15, 0.2) is 0 Å². The Morgan fingerprint density at radius 1 is 1.19 bits per heavy atom. The minimum Gasteiger partial charge on any atom is -0.382 e. The van der Waals surface area contributed by atoms with Crippen LogP contribution in [0.1, 0.15) is 51.0 Å². The molecule has 1 aliphatic rings. The number of aryl methyl sites for hydroxylation is 1. The van der Waals surface area contributed by atoms with Crippen LogP contribution in [-0.4, -0.2) is 6.04 Å². The molecule has 0 radical (unpaired) electrons. The van der Waals surface area contributed by atoms with Gasteiger partial charge in [0.2, 0.25) is 0 Å². The van der Waals surface area contributed by atoms with Crippen molar-refractivity contribution in [2.75, 3.05) is 5.32 Å². The van der Waals surface area contributed by atoms with Crippen LogP contribution in [0.5, 0.6) is 0 Å². The number of rotatable bonds is 5. The highest BCUT2D eigenvalue weighted by atomic mass is 14.9. The van der Waals surface area contributed by atoms with Crippen molar-refractivity contribution in [2.24, 2.45) is 0 Å². The second-order valence-electron chi connectivity index (χ2n) is 4.89. The maximum atomic E-state index is 3.67. The number of para-hydroxylation sites is 1. The van der Waals surface area contributed by atoms with E-state index in [1.807, 2.05) is 0 Å². The molecule has 0 saturated carbocycles. The molecule has 88 valence electrons. The molecule has 0 amide bonds. The van der Waals surface area contributed by atoms with Gasteiger partial charge in [0.1, 0.15) is 0 Å². The summed E-state index contributed by atoms with van der Waals surface area (Å²) >= 11 is 0. The van der Waals surface area contributed by atoms with Crippen LogP contribution in [0.4, 0.5) is 5.69 Å². The van der Waals surface area contributed by atoms with E-state index in [1.165, 1.54) is 56.2 Å². The quantitative estimate of drug-likeness (QED) is 0.721. The van der Waals surface area contributed by atoms with Crippen molar-refractivity contribution in [1.29, 1.82) is 0 Å². The number of hydrogen-bond donors (Lipinski definition) is 1. The van der Waals surface area contributed by atoms with E-state index in [4.69, 9.17) is 0 Å². The molecular formula is C15H23N. The molecule has 1 heterocycles. The van der Waals surface area contributed by atoms with Crippen LogP contribution in [-0.2, 0) is 6.42 Å². The summed E-state index contributed by atoms with van der Waals surface area (Å²) in [6.45, 7) is 2.27. The minimum absolute atomic E-state index is 0.715. The Bertz CT molecular complexity index is 319. The Balaban J connectivity index is 1.79. The number of fused-ring (bicyclic) bond motifs is 1. The summed E-state index contributed by atoms with van der Waals surface area (Å²) < 4.78 is 0. The van der Waals surface area contributed by atoms with Crippen LogP contribution in [0, 0.1) is 0 Å². The number of nitrogens with one attached hydrogen (secondary N) is 1. The van der Waals surface area contributed by atoms with Crippen LogP contribution < -0.4 is 5.32 Å². The second-order valence-corrected chi connectivity index (χ2v) is 4.89. The molecule has 1 unspecified atom stereocenters. The first-order valence-corrected chi connectivity index (χ1v) is 6.74. The molecule has 0 aromatic heterocycles. The summed E-state index contributed by atoms with van der Waals surface area (Å²) in [5.41, 5.74) is 2.86. The van der Waals surface area contributed by atoms with E-state index in [2.05, 4.69) is 36.5 Å². The molecule has 1 aliphatic heterocycles. The summed E-state index contributed by atoms with van der Waals surface area (Å²) in [4.78, 5) is 0. The molecular weight excluding hydrogens is 194 g/mol. The third kappa shape index (κ3) is 3.01. The zero-order chi connectivity index (χ0) is 11.2. The van der Waals surface area contributed by atoms with Crippen molar-refractivity contribution >= 4 is 5.69 Å². The van der Waals surface area contributed by atoms with Gasteiger partial charge in [-0.15, -0.1) is 0 Å². The largest absolute Gasteiger partial charge is 0.382 e. The Hall–Kier alpha value is -0.980. The van der Waals surface area contributed by atoms with Crippen molar-refractivity contribution in [3.8, 4) is 0 Å². The standard InChI is InChI=1S/C15H23N/c1-2-3-4-5-9-14-12-11-13-8-6-7-10-15(13)16-14/h6-8,10,14,16H,2-5,9,11-12H2,1H3. The molecule has 1 aromatic rings. The maximum absolute atomic E-state index is 3.67. The van der Waals surface area contributed by atoms with Crippen LogP contribution in [0.15, 0.2) is 24.3 Å². The van der Waals surface area contributed by atoms with Gasteiger partial charge in [-0.2, -0.15) is 0 Å². The SMILES string of the molecule is CCCCCCC1CCc2ccccc2N1. The summed E-state index contributed by atoms with van der Waals surface area (Å²) in [5.74, 6) is 0. The van der Waals surface area contributed by atoms with E-state index in [0.29, 0.717) is 6.04 Å². The lowest BCUT2D eigenvalue weighted by atomic mass is 9.94. The molecule has 0 fully saturated rings. The number of anilines is 1. The van der Waals surface area contributed by atoms with Gasteiger partial charge >= 0.3 is 0 Å². The molecule has 0 saturated heterocycles. The van der Waals surface area contributed by atoms with Gasteiger partial charge < -0.3 is 5.32 Å². The normalized spacial score (nSPS) is 18.9. The average molecular weight is 217 g/mol. The highest BCUT2D eigenvalue weighted by Crippen LogP contribution is 2.26. The highest BCUT2D eigenvalue weighted by molar-refractivity contribution is 5.53. The lowest BCUT2D eigenvalue weighted by Gasteiger charge is -2.27. The van der Waals surface area contributed by atoms with Crippen molar-refractivity contribution in [2.45, 2.75) is 57.9 Å². The summed E-state index contributed by atoms with van der Waals surface area (Å²) in [6, 6.07) is 9.45. The number of hydrogen-bond acceptors (Lipinski definition) is 1. The number of benzene rings is 1. The zero-order valence-electron chi connectivity index (χ0n) is 10.3. The molecule has 1 heteroatoms. The Morgan fingerprint density at radius 3 is 2.94 bits per heavy atom. The molecule has 0 spiro atoms. The van der Waals surface area contributed by atoms with Crippen molar-refractivity contribution < 1.29 is 0 Å². The molecule has 0 bridgehead atoms. The number of unbranched alkanes of at least 4 members (excludes halogenated alkanes) is 3. The van der Waals surface area contributed by atoms with E-state index < -0.39 is 0 Å². The van der Waals surface area contributed by atoms with E-state index >= 15 is 0 Å². The molecule has 0 aliphatic carbocycles. The summed E-state index contributed by atoms with van der Waals surface area (Å²) in [5, 5.41) is 3.67. The van der Waals surface area contributed by atoms with Crippen molar-refractivity contribution in [3.05, 3.63) is 29.8 Å². The first-order chi connectivity index (χ1) is 7.90. The van der Waals surface area contributed by atoms with Gasteiger partial charge in [-0.05, 0) is 30.9 Å². The van der Waals surface area contributed by atoms with E-state index in [0.717, 1.165) is 0 Å². The van der Waals surface area contributed by atoms with E-state index in [9.17, 15) is 0 Å². The predicted octanol–water partition coefficient (Wildman–Crippen LogP) is 4.38. The van der Waals surface area contributed by atoms with Crippen LogP contribution in [0.25, 0.3) is 0 Å². The predicted molar refractivity (Wildman–Crippen MR) is 70.9 cm³/mol. The fraction of sp³-hybridized carbons (Fsp3) is 0.600. The lowest BCUT2D eigenvalue weighted by Crippen LogP contribution is -2.25. The Morgan fingerprint density at radius 2 is 2.06 bits per heavy atom. The molecule has 1 nitrogen and oxygen atoms in total. The fourth-order valence-corrected chi connectivity index (χ4v) is 2.53. The first-order valence-electron chi connectivity index (χ1n) is 6.74. The maximum Gasteiger partial charge on any atom is 0.0374 e. The first kappa shape index (κ1) is 11.5. The van der Waals surface area contributed by atoms with Crippen LogP contribution in [0.3, 0.4) is 0 Å². The molecule has 1 atom stereocenters. The Labute approximate surface area is 99.3 Å². The van der Waals surface area contributed by atoms with E-state index in [-0.39, 0.29) is 0 Å². The zero-order valence-corrected chi connectivity index (χ0v) is 10.3. The van der Waals surface area contributed by atoms with Gasteiger partial charge in [-0.1, -0.05) is 50.8 Å². The molecule has 16 heavy (non-hydrogen) atoms. The monoisotopic (exact) mass is 217 g/mol. The second kappa shape index (κ2) is 5.93. The summed E-state index contributed by atoms with van der Waals surface area (Å²) in [7, 11) is 0. The summed E-state index contributed by atoms with van der Waals surface area (Å²) in [6.07, 6.45) is 9.41. The van der Waals surface area contributed by atoms with Gasteiger partial charge in [-0.3, -0.25) is 0 Å².